The number of amides is 3. The van der Waals surface area contributed by atoms with Crippen LogP contribution in [0.5, 0.6) is 5.75 Å². The molecule has 1 N–H and O–H groups in total. The van der Waals surface area contributed by atoms with Crippen LogP contribution in [0, 0.1) is 5.82 Å². The van der Waals surface area contributed by atoms with Gasteiger partial charge in [-0.3, -0.25) is 9.78 Å². The van der Waals surface area contributed by atoms with Crippen molar-refractivity contribution in [2.24, 2.45) is 0 Å². The van der Waals surface area contributed by atoms with E-state index < -0.39 is 17.8 Å². The quantitative estimate of drug-likeness (QED) is 0.755. The van der Waals surface area contributed by atoms with Crippen LogP contribution in [0.3, 0.4) is 0 Å². The Bertz CT molecular complexity index is 1030. The third-order valence-electron chi connectivity index (χ3n) is 3.91. The molecule has 0 radical (unpaired) electrons. The predicted octanol–water partition coefficient (Wildman–Crippen LogP) is 3.24. The second-order valence-electron chi connectivity index (χ2n) is 5.71. The molecule has 3 heterocycles. The molecule has 1 aliphatic rings. The summed E-state index contributed by atoms with van der Waals surface area (Å²) in [6, 6.07) is 11.7. The Morgan fingerprint density at radius 3 is 2.74 bits per heavy atom. The molecular weight excluding hydrogens is 351 g/mol. The highest BCUT2D eigenvalue weighted by Gasteiger charge is 2.33. The Balaban J connectivity index is 1.71. The number of fused-ring (bicyclic) bond motifs is 1. The summed E-state index contributed by atoms with van der Waals surface area (Å²) in [5.74, 6) is -0.621. The molecule has 0 unspecified atom stereocenters. The highest BCUT2D eigenvalue weighted by Crippen LogP contribution is 2.33. The molecule has 3 aromatic rings. The maximum absolute atomic E-state index is 13.5. The lowest BCUT2D eigenvalue weighted by Crippen LogP contribution is -2.46. The molecule has 0 atom stereocenters. The number of hydrogen-bond acceptors (Lipinski definition) is 5. The van der Waals surface area contributed by atoms with Crippen LogP contribution in [0.25, 0.3) is 11.3 Å². The van der Waals surface area contributed by atoms with Crippen LogP contribution < -0.4 is 15.0 Å². The SMILES string of the molecule is O=C1COc2ccc(-c3cccc(F)c3)nc2N1C(=O)Nc1ccncc1. The first-order valence-corrected chi connectivity index (χ1v) is 8.05. The molecule has 1 aliphatic heterocycles. The zero-order chi connectivity index (χ0) is 18.8. The number of benzene rings is 1. The molecule has 0 aliphatic carbocycles. The lowest BCUT2D eigenvalue weighted by molar-refractivity contribution is -0.120. The summed E-state index contributed by atoms with van der Waals surface area (Å²) >= 11 is 0. The number of imide groups is 1. The Morgan fingerprint density at radius 2 is 1.96 bits per heavy atom. The zero-order valence-electron chi connectivity index (χ0n) is 13.9. The minimum Gasteiger partial charge on any atom is -0.480 e. The highest BCUT2D eigenvalue weighted by molar-refractivity contribution is 6.19. The van der Waals surface area contributed by atoms with Crippen molar-refractivity contribution in [3.05, 3.63) is 66.7 Å². The van der Waals surface area contributed by atoms with Gasteiger partial charge in [-0.25, -0.2) is 19.1 Å². The van der Waals surface area contributed by atoms with E-state index >= 15 is 0 Å². The van der Waals surface area contributed by atoms with Gasteiger partial charge in [0.25, 0.3) is 5.91 Å². The van der Waals surface area contributed by atoms with Gasteiger partial charge >= 0.3 is 6.03 Å². The number of ether oxygens (including phenoxy) is 1. The predicted molar refractivity (Wildman–Crippen MR) is 95.9 cm³/mol. The molecule has 0 spiro atoms. The maximum atomic E-state index is 13.5. The monoisotopic (exact) mass is 364 g/mol. The molecule has 1 aromatic carbocycles. The molecule has 8 heteroatoms. The van der Waals surface area contributed by atoms with Crippen LogP contribution in [0.15, 0.2) is 60.9 Å². The fraction of sp³-hybridized carbons (Fsp3) is 0.0526. The number of anilines is 2. The van der Waals surface area contributed by atoms with E-state index in [1.54, 1.807) is 36.4 Å². The molecule has 27 heavy (non-hydrogen) atoms. The summed E-state index contributed by atoms with van der Waals surface area (Å²) in [6.07, 6.45) is 3.04. The van der Waals surface area contributed by atoms with E-state index in [2.05, 4.69) is 15.3 Å². The summed E-state index contributed by atoms with van der Waals surface area (Å²) in [4.78, 5) is 34.1. The largest absolute Gasteiger partial charge is 0.480 e. The normalized spacial score (nSPS) is 12.9. The van der Waals surface area contributed by atoms with Gasteiger partial charge in [-0.2, -0.15) is 0 Å². The van der Waals surface area contributed by atoms with E-state index in [0.717, 1.165) is 4.90 Å². The van der Waals surface area contributed by atoms with Crippen molar-refractivity contribution in [1.29, 1.82) is 0 Å². The van der Waals surface area contributed by atoms with Crippen LogP contribution in [-0.4, -0.2) is 28.5 Å². The van der Waals surface area contributed by atoms with Crippen LogP contribution in [0.4, 0.5) is 20.7 Å². The third-order valence-corrected chi connectivity index (χ3v) is 3.91. The second-order valence-corrected chi connectivity index (χ2v) is 5.71. The topological polar surface area (TPSA) is 84.4 Å². The summed E-state index contributed by atoms with van der Waals surface area (Å²) in [5.41, 5.74) is 1.41. The van der Waals surface area contributed by atoms with Crippen molar-refractivity contribution in [2.45, 2.75) is 0 Å². The molecule has 0 saturated heterocycles. The first-order valence-electron chi connectivity index (χ1n) is 8.05. The zero-order valence-corrected chi connectivity index (χ0v) is 13.9. The fourth-order valence-corrected chi connectivity index (χ4v) is 2.66. The summed E-state index contributed by atoms with van der Waals surface area (Å²) in [6.45, 7) is -0.280. The Hall–Kier alpha value is -3.81. The van der Waals surface area contributed by atoms with Crippen molar-refractivity contribution in [1.82, 2.24) is 9.97 Å². The lowest BCUT2D eigenvalue weighted by Gasteiger charge is -2.27. The number of rotatable bonds is 2. The molecule has 7 nitrogen and oxygen atoms in total. The van der Waals surface area contributed by atoms with Crippen molar-refractivity contribution in [3.8, 4) is 17.0 Å². The average Bonchev–Trinajstić information content (AvgIpc) is 2.68. The number of pyridine rings is 2. The maximum Gasteiger partial charge on any atom is 0.334 e. The Labute approximate surface area is 153 Å². The van der Waals surface area contributed by atoms with Gasteiger partial charge in [-0.15, -0.1) is 0 Å². The molecule has 0 saturated carbocycles. The minimum atomic E-state index is -0.667. The average molecular weight is 364 g/mol. The van der Waals surface area contributed by atoms with Gasteiger partial charge in [0.15, 0.2) is 18.2 Å². The Kier molecular flexibility index (Phi) is 4.21. The van der Waals surface area contributed by atoms with E-state index in [-0.39, 0.29) is 12.4 Å². The highest BCUT2D eigenvalue weighted by atomic mass is 19.1. The van der Waals surface area contributed by atoms with Gasteiger partial charge < -0.3 is 10.1 Å². The van der Waals surface area contributed by atoms with E-state index in [1.807, 2.05) is 0 Å². The number of urea groups is 1. The number of hydrogen-bond donors (Lipinski definition) is 1. The third kappa shape index (κ3) is 3.32. The molecule has 0 bridgehead atoms. The van der Waals surface area contributed by atoms with Gasteiger partial charge in [0.1, 0.15) is 5.82 Å². The van der Waals surface area contributed by atoms with Crippen molar-refractivity contribution in [2.75, 3.05) is 16.8 Å². The fourth-order valence-electron chi connectivity index (χ4n) is 2.66. The van der Waals surface area contributed by atoms with Crippen molar-refractivity contribution in [3.63, 3.8) is 0 Å². The molecular formula is C19H13FN4O3. The van der Waals surface area contributed by atoms with Gasteiger partial charge in [-0.05, 0) is 36.4 Å². The first kappa shape index (κ1) is 16.6. The van der Waals surface area contributed by atoms with E-state index in [9.17, 15) is 14.0 Å². The standard InChI is InChI=1S/C19H13FN4O3/c20-13-3-1-2-12(10-13)15-4-5-16-18(23-15)24(17(25)11-27-16)19(26)22-14-6-8-21-9-7-14/h1-10H,11H2,(H,21,22,26). The molecule has 4 rings (SSSR count). The number of nitrogens with one attached hydrogen (secondary N) is 1. The number of aromatic nitrogens is 2. The summed E-state index contributed by atoms with van der Waals surface area (Å²) in [5, 5.41) is 2.62. The van der Waals surface area contributed by atoms with Crippen LogP contribution in [-0.2, 0) is 4.79 Å². The lowest BCUT2D eigenvalue weighted by atomic mass is 10.1. The number of nitrogens with zero attached hydrogens (tertiary/aromatic N) is 3. The van der Waals surface area contributed by atoms with E-state index in [4.69, 9.17) is 4.74 Å². The Morgan fingerprint density at radius 1 is 1.15 bits per heavy atom. The van der Waals surface area contributed by atoms with Crippen LogP contribution >= 0.6 is 0 Å². The van der Waals surface area contributed by atoms with Gasteiger partial charge in [0, 0.05) is 23.6 Å². The van der Waals surface area contributed by atoms with Crippen molar-refractivity contribution >= 4 is 23.4 Å². The van der Waals surface area contributed by atoms with Crippen LogP contribution in [0.1, 0.15) is 0 Å². The first-order chi connectivity index (χ1) is 13.1. The molecule has 3 amide bonds. The van der Waals surface area contributed by atoms with E-state index in [0.29, 0.717) is 22.7 Å². The smallest absolute Gasteiger partial charge is 0.334 e. The second kappa shape index (κ2) is 6.83. The molecule has 134 valence electrons. The van der Waals surface area contributed by atoms with Gasteiger partial charge in [0.2, 0.25) is 0 Å². The van der Waals surface area contributed by atoms with Gasteiger partial charge in [0.05, 0.1) is 5.69 Å². The number of halogens is 1. The van der Waals surface area contributed by atoms with Crippen LogP contribution in [0.2, 0.25) is 0 Å². The van der Waals surface area contributed by atoms with Crippen molar-refractivity contribution < 1.29 is 18.7 Å². The number of carbonyl (C=O) groups excluding carboxylic acids is 2. The minimum absolute atomic E-state index is 0.0552. The molecule has 2 aromatic heterocycles. The summed E-state index contributed by atoms with van der Waals surface area (Å²) < 4.78 is 18.9. The van der Waals surface area contributed by atoms with E-state index in [1.165, 1.54) is 24.5 Å². The molecule has 0 fully saturated rings. The van der Waals surface area contributed by atoms with Gasteiger partial charge in [-0.1, -0.05) is 12.1 Å². The summed E-state index contributed by atoms with van der Waals surface area (Å²) in [7, 11) is 0. The number of carbonyl (C=O) groups is 2.